The van der Waals surface area contributed by atoms with E-state index < -0.39 is 6.04 Å². The van der Waals surface area contributed by atoms with E-state index in [0.29, 0.717) is 31.0 Å². The number of ether oxygens (including phenoxy) is 2. The van der Waals surface area contributed by atoms with Crippen molar-refractivity contribution in [3.63, 3.8) is 0 Å². The zero-order chi connectivity index (χ0) is 22.9. The molecule has 0 aromatic heterocycles. The summed E-state index contributed by atoms with van der Waals surface area (Å²) in [4.78, 5) is 27.6. The van der Waals surface area contributed by atoms with E-state index in [-0.39, 0.29) is 18.4 Å². The highest BCUT2D eigenvalue weighted by Gasteiger charge is 2.31. The second kappa shape index (κ2) is 11.2. The largest absolute Gasteiger partial charge is 0.484 e. The summed E-state index contributed by atoms with van der Waals surface area (Å²) in [5.74, 6) is 1.70. The van der Waals surface area contributed by atoms with Crippen molar-refractivity contribution in [2.75, 3.05) is 13.2 Å². The van der Waals surface area contributed by atoms with Crippen LogP contribution in [0, 0.1) is 0 Å². The van der Waals surface area contributed by atoms with Gasteiger partial charge in [-0.3, -0.25) is 9.59 Å². The van der Waals surface area contributed by atoms with Crippen molar-refractivity contribution in [2.24, 2.45) is 0 Å². The average Bonchev–Trinajstić information content (AvgIpc) is 3.07. The molecular weight excluding hydrogens is 416 g/mol. The second-order valence-electron chi connectivity index (χ2n) is 7.99. The van der Waals surface area contributed by atoms with Crippen molar-refractivity contribution < 1.29 is 19.1 Å². The third-order valence-electron chi connectivity index (χ3n) is 5.54. The van der Waals surface area contributed by atoms with E-state index >= 15 is 0 Å². The minimum absolute atomic E-state index is 0.114. The molecule has 0 bridgehead atoms. The fourth-order valence-corrected chi connectivity index (χ4v) is 3.87. The number of carbonyl (C=O) groups excluding carboxylic acids is 2. The quantitative estimate of drug-likeness (QED) is 0.553. The summed E-state index contributed by atoms with van der Waals surface area (Å²) >= 11 is 0. The molecule has 3 aromatic carbocycles. The smallest absolute Gasteiger partial charge is 0.261 e. The Labute approximate surface area is 194 Å². The molecule has 3 aromatic rings. The number of hydrogen-bond donors (Lipinski definition) is 1. The van der Waals surface area contributed by atoms with Gasteiger partial charge in [-0.25, -0.2) is 0 Å². The Morgan fingerprint density at radius 2 is 1.58 bits per heavy atom. The molecule has 0 unspecified atom stereocenters. The maximum atomic E-state index is 13.2. The fourth-order valence-electron chi connectivity index (χ4n) is 3.87. The van der Waals surface area contributed by atoms with Crippen molar-refractivity contribution >= 4 is 11.8 Å². The normalized spacial score (nSPS) is 15.8. The van der Waals surface area contributed by atoms with Gasteiger partial charge in [-0.15, -0.1) is 0 Å². The first kappa shape index (κ1) is 22.4. The molecular formula is C27H28N2O4. The second-order valence-corrected chi connectivity index (χ2v) is 7.99. The minimum atomic E-state index is -0.530. The molecule has 1 atom stereocenters. The first-order valence-electron chi connectivity index (χ1n) is 11.3. The summed E-state index contributed by atoms with van der Waals surface area (Å²) in [6, 6.07) is 25.8. The SMILES string of the molecule is O=C1NCCCC[C@@H]1N(Cc1cccc(Oc2ccccc2)c1)C(=O)COc1ccccc1. The van der Waals surface area contributed by atoms with Gasteiger partial charge in [0.2, 0.25) is 5.91 Å². The van der Waals surface area contributed by atoms with Crippen molar-refractivity contribution in [2.45, 2.75) is 31.8 Å². The van der Waals surface area contributed by atoms with Crippen LogP contribution in [0.5, 0.6) is 17.2 Å². The molecule has 2 amide bonds. The minimum Gasteiger partial charge on any atom is -0.484 e. The maximum absolute atomic E-state index is 13.2. The summed E-state index contributed by atoms with van der Waals surface area (Å²) in [5.41, 5.74) is 0.883. The number of hydrogen-bond acceptors (Lipinski definition) is 4. The third-order valence-corrected chi connectivity index (χ3v) is 5.54. The molecule has 0 radical (unpaired) electrons. The monoisotopic (exact) mass is 444 g/mol. The molecule has 170 valence electrons. The zero-order valence-corrected chi connectivity index (χ0v) is 18.5. The Hall–Kier alpha value is -3.80. The summed E-state index contributed by atoms with van der Waals surface area (Å²) in [5, 5.41) is 2.94. The van der Waals surface area contributed by atoms with E-state index in [1.807, 2.05) is 72.8 Å². The van der Waals surface area contributed by atoms with Crippen LogP contribution in [0.25, 0.3) is 0 Å². The number of benzene rings is 3. The summed E-state index contributed by atoms with van der Waals surface area (Å²) < 4.78 is 11.6. The average molecular weight is 445 g/mol. The Morgan fingerprint density at radius 1 is 0.879 bits per heavy atom. The summed E-state index contributed by atoms with van der Waals surface area (Å²) in [6.07, 6.45) is 2.41. The predicted octanol–water partition coefficient (Wildman–Crippen LogP) is 4.56. The summed E-state index contributed by atoms with van der Waals surface area (Å²) in [6.45, 7) is 0.799. The lowest BCUT2D eigenvalue weighted by Crippen LogP contribution is -2.49. The third kappa shape index (κ3) is 6.35. The van der Waals surface area contributed by atoms with Crippen LogP contribution in [0.3, 0.4) is 0 Å². The molecule has 0 spiro atoms. The van der Waals surface area contributed by atoms with Crippen LogP contribution in [0.15, 0.2) is 84.9 Å². The van der Waals surface area contributed by atoms with Gasteiger partial charge < -0.3 is 19.7 Å². The van der Waals surface area contributed by atoms with Gasteiger partial charge in [0.1, 0.15) is 23.3 Å². The van der Waals surface area contributed by atoms with Crippen LogP contribution in [0.4, 0.5) is 0 Å². The van der Waals surface area contributed by atoms with E-state index in [1.165, 1.54) is 0 Å². The van der Waals surface area contributed by atoms with Crippen molar-refractivity contribution in [3.05, 3.63) is 90.5 Å². The molecule has 6 nitrogen and oxygen atoms in total. The first-order valence-corrected chi connectivity index (χ1v) is 11.3. The number of amides is 2. The molecule has 4 rings (SSSR count). The van der Waals surface area contributed by atoms with Crippen LogP contribution >= 0.6 is 0 Å². The topological polar surface area (TPSA) is 67.9 Å². The molecule has 6 heteroatoms. The number of nitrogens with one attached hydrogen (secondary N) is 1. The first-order chi connectivity index (χ1) is 16.2. The van der Waals surface area contributed by atoms with E-state index in [4.69, 9.17) is 9.47 Å². The van der Waals surface area contributed by atoms with Crippen LogP contribution in [0.1, 0.15) is 24.8 Å². The molecule has 1 aliphatic rings. The molecule has 0 aliphatic carbocycles. The lowest BCUT2D eigenvalue weighted by Gasteiger charge is -2.30. The van der Waals surface area contributed by atoms with Gasteiger partial charge in [0, 0.05) is 13.1 Å². The van der Waals surface area contributed by atoms with E-state index in [0.717, 1.165) is 24.2 Å². The van der Waals surface area contributed by atoms with Gasteiger partial charge in [0.05, 0.1) is 0 Å². The fraction of sp³-hybridized carbons (Fsp3) is 0.259. The lowest BCUT2D eigenvalue weighted by atomic mass is 10.1. The zero-order valence-electron chi connectivity index (χ0n) is 18.5. The van der Waals surface area contributed by atoms with Gasteiger partial charge in [0.15, 0.2) is 6.61 Å². The van der Waals surface area contributed by atoms with Crippen LogP contribution in [-0.4, -0.2) is 35.9 Å². The number of rotatable bonds is 8. The van der Waals surface area contributed by atoms with Gasteiger partial charge in [-0.1, -0.05) is 48.5 Å². The molecule has 1 saturated heterocycles. The number of carbonyl (C=O) groups is 2. The Bertz CT molecular complexity index is 1060. The highest BCUT2D eigenvalue weighted by molar-refractivity contribution is 5.88. The van der Waals surface area contributed by atoms with Gasteiger partial charge in [0.25, 0.3) is 5.91 Å². The Morgan fingerprint density at radius 3 is 2.33 bits per heavy atom. The van der Waals surface area contributed by atoms with Gasteiger partial charge in [-0.2, -0.15) is 0 Å². The molecule has 1 aliphatic heterocycles. The highest BCUT2D eigenvalue weighted by Crippen LogP contribution is 2.24. The highest BCUT2D eigenvalue weighted by atomic mass is 16.5. The number of nitrogens with zero attached hydrogens (tertiary/aromatic N) is 1. The predicted molar refractivity (Wildman–Crippen MR) is 126 cm³/mol. The standard InChI is InChI=1S/C27H28N2O4/c30-26(20-32-22-11-3-1-4-12-22)29(25-16-7-8-17-28-27(25)31)19-21-10-9-15-24(18-21)33-23-13-5-2-6-14-23/h1-6,9-15,18,25H,7-8,16-17,19-20H2,(H,28,31)/t25-/m0/s1. The molecule has 0 saturated carbocycles. The van der Waals surface area contributed by atoms with Crippen LogP contribution in [0.2, 0.25) is 0 Å². The van der Waals surface area contributed by atoms with E-state index in [2.05, 4.69) is 5.32 Å². The summed E-state index contributed by atoms with van der Waals surface area (Å²) in [7, 11) is 0. The van der Waals surface area contributed by atoms with Crippen LogP contribution < -0.4 is 14.8 Å². The van der Waals surface area contributed by atoms with Crippen LogP contribution in [-0.2, 0) is 16.1 Å². The molecule has 1 fully saturated rings. The lowest BCUT2D eigenvalue weighted by molar-refractivity contribution is -0.142. The Kier molecular flexibility index (Phi) is 7.59. The number of para-hydroxylation sites is 2. The Balaban J connectivity index is 1.52. The van der Waals surface area contributed by atoms with E-state index in [1.54, 1.807) is 17.0 Å². The van der Waals surface area contributed by atoms with Gasteiger partial charge >= 0.3 is 0 Å². The van der Waals surface area contributed by atoms with E-state index in [9.17, 15) is 9.59 Å². The van der Waals surface area contributed by atoms with Crippen molar-refractivity contribution in [1.82, 2.24) is 10.2 Å². The van der Waals surface area contributed by atoms with Crippen molar-refractivity contribution in [1.29, 1.82) is 0 Å². The van der Waals surface area contributed by atoms with Crippen molar-refractivity contribution in [3.8, 4) is 17.2 Å². The molecule has 1 heterocycles. The van der Waals surface area contributed by atoms with Gasteiger partial charge in [-0.05, 0) is 61.2 Å². The molecule has 1 N–H and O–H groups in total. The molecule has 33 heavy (non-hydrogen) atoms. The maximum Gasteiger partial charge on any atom is 0.261 e.